The van der Waals surface area contributed by atoms with Gasteiger partial charge in [-0.25, -0.2) is 0 Å². The Hall–Kier alpha value is 0. The summed E-state index contributed by atoms with van der Waals surface area (Å²) >= 11 is 0. The zero-order valence-electron chi connectivity index (χ0n) is 21.0. The highest BCUT2D eigenvalue weighted by molar-refractivity contribution is 5.09. The fourth-order valence-electron chi connectivity index (χ4n) is 9.51. The first-order chi connectivity index (χ1) is 13.7. The molecule has 0 aromatic carbocycles. The van der Waals surface area contributed by atoms with Gasteiger partial charge in [-0.05, 0) is 115 Å². The van der Waals surface area contributed by atoms with E-state index in [9.17, 15) is 0 Å². The van der Waals surface area contributed by atoms with Crippen LogP contribution < -0.4 is 0 Å². The van der Waals surface area contributed by atoms with Gasteiger partial charge in [0.15, 0.2) is 0 Å². The first-order valence-corrected chi connectivity index (χ1v) is 13.7. The number of hydrogen-bond acceptors (Lipinski definition) is 0. The van der Waals surface area contributed by atoms with Crippen molar-refractivity contribution in [3.8, 4) is 0 Å². The molecule has 168 valence electrons. The molecule has 4 aliphatic rings. The maximum atomic E-state index is 2.76. The molecule has 0 saturated heterocycles. The Balaban J connectivity index is 1.46. The van der Waals surface area contributed by atoms with E-state index in [0.29, 0.717) is 10.8 Å². The molecule has 4 rings (SSSR count). The van der Waals surface area contributed by atoms with Gasteiger partial charge in [-0.3, -0.25) is 0 Å². The molecule has 0 N–H and O–H groups in total. The van der Waals surface area contributed by atoms with Crippen molar-refractivity contribution in [2.45, 2.75) is 119 Å². The third-order valence-electron chi connectivity index (χ3n) is 11.9. The molecule has 0 aromatic rings. The van der Waals surface area contributed by atoms with Crippen molar-refractivity contribution in [1.29, 1.82) is 0 Å². The third kappa shape index (κ3) is 3.75. The van der Waals surface area contributed by atoms with E-state index in [-0.39, 0.29) is 0 Å². The Kier molecular flexibility index (Phi) is 6.25. The minimum atomic E-state index is 0.660. The van der Waals surface area contributed by atoms with E-state index in [2.05, 4.69) is 48.5 Å². The summed E-state index contributed by atoms with van der Waals surface area (Å²) < 4.78 is 0. The van der Waals surface area contributed by atoms with Gasteiger partial charge >= 0.3 is 0 Å². The maximum absolute atomic E-state index is 2.76. The van der Waals surface area contributed by atoms with Gasteiger partial charge < -0.3 is 0 Å². The summed E-state index contributed by atoms with van der Waals surface area (Å²) in [6.07, 6.45) is 16.8. The number of rotatable bonds is 5. The van der Waals surface area contributed by atoms with Crippen LogP contribution in [0.15, 0.2) is 0 Å². The van der Waals surface area contributed by atoms with E-state index in [1.54, 1.807) is 38.5 Å². The molecule has 29 heavy (non-hydrogen) atoms. The van der Waals surface area contributed by atoms with Crippen LogP contribution in [0.5, 0.6) is 0 Å². The summed E-state index contributed by atoms with van der Waals surface area (Å²) in [5.74, 6) is 8.88. The summed E-state index contributed by atoms with van der Waals surface area (Å²) in [4.78, 5) is 0. The average molecular weight is 401 g/mol. The van der Waals surface area contributed by atoms with Gasteiger partial charge in [0.2, 0.25) is 0 Å². The summed E-state index contributed by atoms with van der Waals surface area (Å²) in [5.41, 5.74) is 1.35. The zero-order valence-corrected chi connectivity index (χ0v) is 21.0. The lowest BCUT2D eigenvalue weighted by Gasteiger charge is -2.61. The van der Waals surface area contributed by atoms with Gasteiger partial charge in [0, 0.05) is 0 Å². The first kappa shape index (κ1) is 22.2. The van der Waals surface area contributed by atoms with Crippen molar-refractivity contribution in [2.24, 2.45) is 64.1 Å². The molecule has 0 aromatic heterocycles. The van der Waals surface area contributed by atoms with Gasteiger partial charge in [0.05, 0.1) is 0 Å². The molecule has 0 radical (unpaired) electrons. The molecule has 4 saturated carbocycles. The predicted molar refractivity (Wildman–Crippen MR) is 127 cm³/mol. The van der Waals surface area contributed by atoms with Crippen LogP contribution in [0.2, 0.25) is 0 Å². The van der Waals surface area contributed by atoms with Crippen LogP contribution in [0, 0.1) is 64.1 Å². The summed E-state index contributed by atoms with van der Waals surface area (Å²) in [6, 6.07) is 0. The number of hydrogen-bond donors (Lipinski definition) is 0. The normalized spacial score (nSPS) is 49.2. The van der Waals surface area contributed by atoms with Crippen molar-refractivity contribution in [3.63, 3.8) is 0 Å². The predicted octanol–water partition coefficient (Wildman–Crippen LogP) is 8.99. The molecule has 0 bridgehead atoms. The van der Waals surface area contributed by atoms with E-state index in [0.717, 1.165) is 53.3 Å². The summed E-state index contributed by atoms with van der Waals surface area (Å²) in [5, 5.41) is 0. The van der Waals surface area contributed by atoms with E-state index >= 15 is 0 Å². The molecule has 4 unspecified atom stereocenters. The summed E-state index contributed by atoms with van der Waals surface area (Å²) in [6.45, 7) is 17.9. The van der Waals surface area contributed by atoms with Gasteiger partial charge in [-0.2, -0.15) is 0 Å². The zero-order chi connectivity index (χ0) is 21.0. The van der Waals surface area contributed by atoms with Gasteiger partial charge in [0.1, 0.15) is 0 Å². The molecule has 0 nitrogen and oxygen atoms in total. The Morgan fingerprint density at radius 1 is 0.759 bits per heavy atom. The second-order valence-corrected chi connectivity index (χ2v) is 13.5. The van der Waals surface area contributed by atoms with Crippen molar-refractivity contribution in [3.05, 3.63) is 0 Å². The van der Waals surface area contributed by atoms with Crippen molar-refractivity contribution in [2.75, 3.05) is 0 Å². The van der Waals surface area contributed by atoms with Crippen molar-refractivity contribution >= 4 is 0 Å². The molecule has 0 heteroatoms. The first-order valence-electron chi connectivity index (χ1n) is 13.7. The van der Waals surface area contributed by atoms with Crippen molar-refractivity contribution in [1.82, 2.24) is 0 Å². The van der Waals surface area contributed by atoms with Crippen LogP contribution in [0.1, 0.15) is 119 Å². The van der Waals surface area contributed by atoms with Crippen LogP contribution in [0.3, 0.4) is 0 Å². The molecule has 0 spiro atoms. The standard InChI is InChI=1S/C29H52/c1-19(2)21(4)8-9-22(5)25-12-13-26-24-11-10-23-18-20(3)14-16-28(23,6)27(24)15-17-29(25,26)7/h19-27H,8-18H2,1-7H3/t20-,21+,22+,23?,24-,25?,26?,27?,28-,29+/m0/s1. The average Bonchev–Trinajstić information content (AvgIpc) is 3.03. The Morgan fingerprint density at radius 3 is 2.17 bits per heavy atom. The Morgan fingerprint density at radius 2 is 1.45 bits per heavy atom. The Labute approximate surface area is 183 Å². The maximum Gasteiger partial charge on any atom is -0.0264 e. The monoisotopic (exact) mass is 400 g/mol. The molecule has 4 aliphatic carbocycles. The van der Waals surface area contributed by atoms with Crippen LogP contribution in [0.4, 0.5) is 0 Å². The van der Waals surface area contributed by atoms with E-state index < -0.39 is 0 Å². The van der Waals surface area contributed by atoms with Crippen LogP contribution in [0.25, 0.3) is 0 Å². The van der Waals surface area contributed by atoms with Crippen molar-refractivity contribution < 1.29 is 0 Å². The molecule has 0 heterocycles. The highest BCUT2D eigenvalue weighted by Gasteiger charge is 2.60. The fraction of sp³-hybridized carbons (Fsp3) is 1.00. The largest absolute Gasteiger partial charge is 0.0625 e. The van der Waals surface area contributed by atoms with E-state index in [4.69, 9.17) is 0 Å². The quantitative estimate of drug-likeness (QED) is 0.432. The highest BCUT2D eigenvalue weighted by atomic mass is 14.6. The fourth-order valence-corrected chi connectivity index (χ4v) is 9.51. The number of fused-ring (bicyclic) bond motifs is 5. The Bertz CT molecular complexity index is 562. The molecule has 4 fully saturated rings. The minimum Gasteiger partial charge on any atom is -0.0625 e. The van der Waals surface area contributed by atoms with Gasteiger partial charge in [-0.1, -0.05) is 67.7 Å². The van der Waals surface area contributed by atoms with Gasteiger partial charge in [-0.15, -0.1) is 0 Å². The van der Waals surface area contributed by atoms with Crippen LogP contribution in [-0.4, -0.2) is 0 Å². The lowest BCUT2D eigenvalue weighted by molar-refractivity contribution is -0.120. The smallest absolute Gasteiger partial charge is 0.0264 e. The second kappa shape index (κ2) is 8.16. The minimum absolute atomic E-state index is 0.660. The highest BCUT2D eigenvalue weighted by Crippen LogP contribution is 2.68. The third-order valence-corrected chi connectivity index (χ3v) is 11.9. The van der Waals surface area contributed by atoms with Crippen LogP contribution in [-0.2, 0) is 0 Å². The lowest BCUT2D eigenvalue weighted by Crippen LogP contribution is -2.53. The molecule has 10 atom stereocenters. The molecular formula is C29H52. The topological polar surface area (TPSA) is 0 Å². The SMILES string of the molecule is CC(C)[C@H](C)CC[C@@H](C)C1CCC2[C@@H]3CCC4C[C@@H](C)CC[C@]4(C)C3CC[C@@]21C. The molecular weight excluding hydrogens is 348 g/mol. The van der Waals surface area contributed by atoms with E-state index in [1.807, 2.05) is 0 Å². The van der Waals surface area contributed by atoms with E-state index in [1.165, 1.54) is 32.1 Å². The van der Waals surface area contributed by atoms with Crippen LogP contribution >= 0.6 is 0 Å². The molecule has 0 amide bonds. The lowest BCUT2D eigenvalue weighted by atomic mass is 9.44. The molecule has 0 aliphatic heterocycles. The van der Waals surface area contributed by atoms with Gasteiger partial charge in [0.25, 0.3) is 0 Å². The summed E-state index contributed by atoms with van der Waals surface area (Å²) in [7, 11) is 0. The second-order valence-electron chi connectivity index (χ2n) is 13.5.